The topological polar surface area (TPSA) is 47.0 Å². The van der Waals surface area contributed by atoms with Gasteiger partial charge < -0.3 is 10.1 Å². The Morgan fingerprint density at radius 1 is 1.38 bits per heavy atom. The number of ether oxygens (including phenoxy) is 1. The van der Waals surface area contributed by atoms with Crippen LogP contribution in [0, 0.1) is 0 Å². The quantitative estimate of drug-likeness (QED) is 0.799. The number of methoxy groups -OCH3 is 1. The van der Waals surface area contributed by atoms with Gasteiger partial charge in [0, 0.05) is 19.9 Å². The van der Waals surface area contributed by atoms with Gasteiger partial charge in [-0.1, -0.05) is 13.8 Å². The van der Waals surface area contributed by atoms with Gasteiger partial charge in [-0.05, 0) is 26.0 Å². The van der Waals surface area contributed by atoms with Crippen LogP contribution in [0.2, 0.25) is 0 Å². The lowest BCUT2D eigenvalue weighted by atomic mass is 9.96. The molecule has 0 fully saturated rings. The molecule has 1 N–H and O–H groups in total. The first-order valence-electron chi connectivity index (χ1n) is 5.74. The minimum Gasteiger partial charge on any atom is -0.370 e. The van der Waals surface area contributed by atoms with E-state index < -0.39 is 0 Å². The SMILES string of the molecule is CCC(CC)(OC)c1nccc(CNC)n1. The number of nitrogens with one attached hydrogen (secondary N) is 1. The predicted molar refractivity (Wildman–Crippen MR) is 64.1 cm³/mol. The van der Waals surface area contributed by atoms with Crippen LogP contribution >= 0.6 is 0 Å². The Labute approximate surface area is 97.5 Å². The van der Waals surface area contributed by atoms with Crippen LogP contribution in [0.3, 0.4) is 0 Å². The largest absolute Gasteiger partial charge is 0.370 e. The minimum atomic E-state index is -0.344. The summed E-state index contributed by atoms with van der Waals surface area (Å²) in [5.41, 5.74) is 0.653. The molecular weight excluding hydrogens is 202 g/mol. The fraction of sp³-hybridized carbons (Fsp3) is 0.667. The van der Waals surface area contributed by atoms with Gasteiger partial charge in [-0.2, -0.15) is 0 Å². The molecular formula is C12H21N3O. The summed E-state index contributed by atoms with van der Waals surface area (Å²) in [6.07, 6.45) is 3.56. The van der Waals surface area contributed by atoms with Crippen molar-refractivity contribution in [3.8, 4) is 0 Å². The highest BCUT2D eigenvalue weighted by molar-refractivity contribution is 5.08. The second-order valence-electron chi connectivity index (χ2n) is 3.81. The molecule has 0 aliphatic heterocycles. The molecule has 0 saturated carbocycles. The van der Waals surface area contributed by atoms with Gasteiger partial charge in [-0.25, -0.2) is 9.97 Å². The number of aromatic nitrogens is 2. The van der Waals surface area contributed by atoms with E-state index in [4.69, 9.17) is 4.74 Å². The molecule has 1 heterocycles. The highest BCUT2D eigenvalue weighted by atomic mass is 16.5. The third kappa shape index (κ3) is 2.57. The van der Waals surface area contributed by atoms with Gasteiger partial charge in [0.25, 0.3) is 0 Å². The zero-order valence-corrected chi connectivity index (χ0v) is 10.6. The number of nitrogens with zero attached hydrogens (tertiary/aromatic N) is 2. The summed E-state index contributed by atoms with van der Waals surface area (Å²) in [4.78, 5) is 8.89. The molecule has 16 heavy (non-hydrogen) atoms. The lowest BCUT2D eigenvalue weighted by molar-refractivity contribution is -0.0293. The van der Waals surface area contributed by atoms with E-state index in [0.717, 1.165) is 30.9 Å². The molecule has 0 unspecified atom stereocenters. The van der Waals surface area contributed by atoms with Crippen molar-refractivity contribution >= 4 is 0 Å². The first kappa shape index (κ1) is 13.1. The van der Waals surface area contributed by atoms with Crippen molar-refractivity contribution in [2.75, 3.05) is 14.2 Å². The number of hydrogen-bond donors (Lipinski definition) is 1. The summed E-state index contributed by atoms with van der Waals surface area (Å²) in [6.45, 7) is 4.95. The van der Waals surface area contributed by atoms with E-state index in [1.807, 2.05) is 13.1 Å². The molecule has 90 valence electrons. The molecule has 0 aliphatic carbocycles. The maximum Gasteiger partial charge on any atom is 0.160 e. The predicted octanol–water partition coefficient (Wildman–Crippen LogP) is 1.86. The maximum absolute atomic E-state index is 5.61. The molecule has 1 aromatic rings. The normalized spacial score (nSPS) is 11.8. The summed E-state index contributed by atoms with van der Waals surface area (Å²) < 4.78 is 5.61. The average Bonchev–Trinajstić information content (AvgIpc) is 2.33. The fourth-order valence-corrected chi connectivity index (χ4v) is 1.84. The molecule has 0 atom stereocenters. The Morgan fingerprint density at radius 2 is 2.06 bits per heavy atom. The Hall–Kier alpha value is -1.00. The van der Waals surface area contributed by atoms with Crippen LogP contribution in [0.4, 0.5) is 0 Å². The molecule has 4 heteroatoms. The van der Waals surface area contributed by atoms with Gasteiger partial charge in [0.15, 0.2) is 5.82 Å². The Balaban J connectivity index is 3.04. The standard InChI is InChI=1S/C12H21N3O/c1-5-12(6-2,16-4)11-14-8-7-10(15-11)9-13-3/h7-8,13H,5-6,9H2,1-4H3. The van der Waals surface area contributed by atoms with Crippen molar-refractivity contribution in [2.24, 2.45) is 0 Å². The molecule has 4 nitrogen and oxygen atoms in total. The van der Waals surface area contributed by atoms with Crippen LogP contribution in [-0.2, 0) is 16.9 Å². The molecule has 0 spiro atoms. The first-order chi connectivity index (χ1) is 7.72. The monoisotopic (exact) mass is 223 g/mol. The van der Waals surface area contributed by atoms with E-state index >= 15 is 0 Å². The van der Waals surface area contributed by atoms with Crippen LogP contribution in [0.15, 0.2) is 12.3 Å². The van der Waals surface area contributed by atoms with E-state index in [9.17, 15) is 0 Å². The Morgan fingerprint density at radius 3 is 2.56 bits per heavy atom. The lowest BCUT2D eigenvalue weighted by Gasteiger charge is -2.28. The van der Waals surface area contributed by atoms with Gasteiger partial charge in [-0.3, -0.25) is 0 Å². The van der Waals surface area contributed by atoms with Crippen molar-refractivity contribution < 1.29 is 4.74 Å². The smallest absolute Gasteiger partial charge is 0.160 e. The van der Waals surface area contributed by atoms with Crippen LogP contribution in [0.25, 0.3) is 0 Å². The average molecular weight is 223 g/mol. The third-order valence-electron chi connectivity index (χ3n) is 3.01. The molecule has 0 radical (unpaired) electrons. The third-order valence-corrected chi connectivity index (χ3v) is 3.01. The number of hydrogen-bond acceptors (Lipinski definition) is 4. The molecule has 0 amide bonds. The fourth-order valence-electron chi connectivity index (χ4n) is 1.84. The summed E-state index contributed by atoms with van der Waals surface area (Å²) >= 11 is 0. The minimum absolute atomic E-state index is 0.344. The zero-order valence-electron chi connectivity index (χ0n) is 10.6. The summed E-state index contributed by atoms with van der Waals surface area (Å²) in [6, 6.07) is 1.92. The van der Waals surface area contributed by atoms with Gasteiger partial charge in [-0.15, -0.1) is 0 Å². The first-order valence-corrected chi connectivity index (χ1v) is 5.74. The van der Waals surface area contributed by atoms with Crippen LogP contribution in [0.5, 0.6) is 0 Å². The van der Waals surface area contributed by atoms with E-state index in [1.54, 1.807) is 13.3 Å². The van der Waals surface area contributed by atoms with Crippen molar-refractivity contribution in [2.45, 2.75) is 38.8 Å². The lowest BCUT2D eigenvalue weighted by Crippen LogP contribution is -2.30. The van der Waals surface area contributed by atoms with Gasteiger partial charge >= 0.3 is 0 Å². The highest BCUT2D eigenvalue weighted by Crippen LogP contribution is 2.29. The van der Waals surface area contributed by atoms with E-state index in [1.165, 1.54) is 0 Å². The molecule has 0 saturated heterocycles. The summed E-state index contributed by atoms with van der Waals surface area (Å²) in [5.74, 6) is 0.785. The van der Waals surface area contributed by atoms with Gasteiger partial charge in [0.2, 0.25) is 0 Å². The molecule has 1 rings (SSSR count). The molecule has 0 aliphatic rings. The molecule has 1 aromatic heterocycles. The maximum atomic E-state index is 5.61. The number of rotatable bonds is 6. The van der Waals surface area contributed by atoms with E-state index in [0.29, 0.717) is 0 Å². The van der Waals surface area contributed by atoms with E-state index in [-0.39, 0.29) is 5.60 Å². The van der Waals surface area contributed by atoms with Crippen molar-refractivity contribution in [1.29, 1.82) is 0 Å². The van der Waals surface area contributed by atoms with Crippen LogP contribution in [-0.4, -0.2) is 24.1 Å². The van der Waals surface area contributed by atoms with Gasteiger partial charge in [0.05, 0.1) is 5.69 Å². The van der Waals surface area contributed by atoms with Crippen LogP contribution in [0.1, 0.15) is 38.2 Å². The van der Waals surface area contributed by atoms with Crippen molar-refractivity contribution in [1.82, 2.24) is 15.3 Å². The Bertz CT molecular complexity index is 316. The molecule has 0 aromatic carbocycles. The van der Waals surface area contributed by atoms with Crippen molar-refractivity contribution in [3.63, 3.8) is 0 Å². The highest BCUT2D eigenvalue weighted by Gasteiger charge is 2.31. The Kier molecular flexibility index (Phi) is 4.83. The van der Waals surface area contributed by atoms with Crippen molar-refractivity contribution in [3.05, 3.63) is 23.8 Å². The van der Waals surface area contributed by atoms with Crippen LogP contribution < -0.4 is 5.32 Å². The molecule has 0 bridgehead atoms. The summed E-state index contributed by atoms with van der Waals surface area (Å²) in [7, 11) is 3.63. The van der Waals surface area contributed by atoms with E-state index in [2.05, 4.69) is 29.1 Å². The summed E-state index contributed by atoms with van der Waals surface area (Å²) in [5, 5.41) is 3.09. The zero-order chi connectivity index (χ0) is 12.0. The second kappa shape index (κ2) is 5.92. The second-order valence-corrected chi connectivity index (χ2v) is 3.81. The van der Waals surface area contributed by atoms with Gasteiger partial charge in [0.1, 0.15) is 5.60 Å².